The number of benzene rings is 1. The molecule has 1 aromatic carbocycles. The van der Waals surface area contributed by atoms with Crippen molar-refractivity contribution < 1.29 is 0 Å². The van der Waals surface area contributed by atoms with Gasteiger partial charge in [-0.15, -0.1) is 0 Å². The first kappa shape index (κ1) is 10.4. The zero-order valence-electron chi connectivity index (χ0n) is 10.0. The van der Waals surface area contributed by atoms with E-state index in [1.165, 1.54) is 17.7 Å². The maximum absolute atomic E-state index is 4.63. The average molecular weight is 227 g/mol. The molecule has 17 heavy (non-hydrogen) atoms. The van der Waals surface area contributed by atoms with Crippen LogP contribution < -0.4 is 5.32 Å². The monoisotopic (exact) mass is 227 g/mol. The zero-order valence-corrected chi connectivity index (χ0v) is 10.0. The second-order valence-corrected chi connectivity index (χ2v) is 4.72. The minimum Gasteiger partial charge on any atom is -0.369 e. The van der Waals surface area contributed by atoms with Gasteiger partial charge in [0.2, 0.25) is 0 Å². The highest BCUT2D eigenvalue weighted by Gasteiger charge is 2.20. The second-order valence-electron chi connectivity index (χ2n) is 4.72. The molecule has 2 heterocycles. The van der Waals surface area contributed by atoms with Gasteiger partial charge in [-0.1, -0.05) is 37.3 Å². The van der Waals surface area contributed by atoms with Crippen LogP contribution in [-0.2, 0) is 6.42 Å². The summed E-state index contributed by atoms with van der Waals surface area (Å²) in [6, 6.07) is 10.5. The molecule has 3 heteroatoms. The summed E-state index contributed by atoms with van der Waals surface area (Å²) in [5.41, 5.74) is 2.56. The van der Waals surface area contributed by atoms with Crippen molar-refractivity contribution in [3.05, 3.63) is 47.4 Å². The maximum atomic E-state index is 4.63. The number of H-pyrrole nitrogens is 1. The van der Waals surface area contributed by atoms with Gasteiger partial charge in [-0.2, -0.15) is 0 Å². The smallest absolute Gasteiger partial charge is 0.147 e. The molecule has 0 fully saturated rings. The molecular weight excluding hydrogens is 210 g/mol. The number of anilines is 1. The van der Waals surface area contributed by atoms with E-state index in [4.69, 9.17) is 0 Å². The summed E-state index contributed by atoms with van der Waals surface area (Å²) in [4.78, 5) is 8.09. The standard InChI is InChI=1S/C14H17N3/c1-10-7-8-15-14-13(10)16-12(17-14)9-11-5-3-2-4-6-11/h2-6,10,15H,7-9H2,1H3,(H,16,17). The highest BCUT2D eigenvalue weighted by molar-refractivity contribution is 5.46. The van der Waals surface area contributed by atoms with Crippen LogP contribution in [0.15, 0.2) is 30.3 Å². The summed E-state index contributed by atoms with van der Waals surface area (Å²) in [7, 11) is 0. The number of fused-ring (bicyclic) bond motifs is 1. The lowest BCUT2D eigenvalue weighted by Gasteiger charge is -2.18. The van der Waals surface area contributed by atoms with Crippen LogP contribution in [0.4, 0.5) is 5.82 Å². The van der Waals surface area contributed by atoms with Gasteiger partial charge in [-0.3, -0.25) is 0 Å². The van der Waals surface area contributed by atoms with Crippen LogP contribution in [0.3, 0.4) is 0 Å². The number of rotatable bonds is 2. The van der Waals surface area contributed by atoms with Crippen molar-refractivity contribution in [2.75, 3.05) is 11.9 Å². The Morgan fingerprint density at radius 2 is 2.12 bits per heavy atom. The molecular formula is C14H17N3. The number of aromatic amines is 1. The van der Waals surface area contributed by atoms with Crippen LogP contribution in [0.25, 0.3) is 0 Å². The number of imidazole rings is 1. The van der Waals surface area contributed by atoms with E-state index in [0.717, 1.165) is 24.6 Å². The fraction of sp³-hybridized carbons (Fsp3) is 0.357. The summed E-state index contributed by atoms with van der Waals surface area (Å²) < 4.78 is 0. The molecule has 0 amide bonds. The van der Waals surface area contributed by atoms with Crippen molar-refractivity contribution in [1.82, 2.24) is 9.97 Å². The maximum Gasteiger partial charge on any atom is 0.147 e. The SMILES string of the molecule is CC1CCNc2nc(Cc3ccccc3)[nH]c21. The largest absolute Gasteiger partial charge is 0.369 e. The first-order valence-corrected chi connectivity index (χ1v) is 6.19. The van der Waals surface area contributed by atoms with Crippen molar-refractivity contribution >= 4 is 5.82 Å². The topological polar surface area (TPSA) is 40.7 Å². The highest BCUT2D eigenvalue weighted by Crippen LogP contribution is 2.29. The molecule has 0 spiro atoms. The van der Waals surface area contributed by atoms with Gasteiger partial charge in [0.25, 0.3) is 0 Å². The van der Waals surface area contributed by atoms with E-state index < -0.39 is 0 Å². The van der Waals surface area contributed by atoms with Crippen molar-refractivity contribution in [1.29, 1.82) is 0 Å². The van der Waals surface area contributed by atoms with Crippen LogP contribution in [0, 0.1) is 0 Å². The van der Waals surface area contributed by atoms with E-state index in [1.807, 2.05) is 6.07 Å². The Morgan fingerprint density at radius 1 is 1.29 bits per heavy atom. The number of aromatic nitrogens is 2. The molecule has 88 valence electrons. The zero-order chi connectivity index (χ0) is 11.7. The second kappa shape index (κ2) is 4.24. The first-order valence-electron chi connectivity index (χ1n) is 6.19. The third kappa shape index (κ3) is 2.05. The lowest BCUT2D eigenvalue weighted by atomic mass is 10.0. The van der Waals surface area contributed by atoms with Crippen LogP contribution in [0.2, 0.25) is 0 Å². The van der Waals surface area contributed by atoms with Crippen molar-refractivity contribution in [2.24, 2.45) is 0 Å². The van der Waals surface area contributed by atoms with Gasteiger partial charge in [0.05, 0.1) is 5.69 Å². The summed E-state index contributed by atoms with van der Waals surface area (Å²) in [6.45, 7) is 3.29. The minimum atomic E-state index is 0.586. The van der Waals surface area contributed by atoms with E-state index >= 15 is 0 Å². The van der Waals surface area contributed by atoms with E-state index in [-0.39, 0.29) is 0 Å². The van der Waals surface area contributed by atoms with Gasteiger partial charge in [0.15, 0.2) is 0 Å². The Morgan fingerprint density at radius 3 is 2.88 bits per heavy atom. The summed E-state index contributed by atoms with van der Waals surface area (Å²) >= 11 is 0. The molecule has 1 aromatic heterocycles. The fourth-order valence-corrected chi connectivity index (χ4v) is 2.35. The summed E-state index contributed by atoms with van der Waals surface area (Å²) in [5.74, 6) is 2.69. The average Bonchev–Trinajstić information content (AvgIpc) is 2.74. The summed E-state index contributed by atoms with van der Waals surface area (Å²) in [5, 5.41) is 3.36. The molecule has 3 nitrogen and oxygen atoms in total. The third-order valence-corrected chi connectivity index (χ3v) is 3.36. The quantitative estimate of drug-likeness (QED) is 0.828. The van der Waals surface area contributed by atoms with Gasteiger partial charge >= 0.3 is 0 Å². The van der Waals surface area contributed by atoms with Crippen molar-refractivity contribution in [3.8, 4) is 0 Å². The molecule has 0 aliphatic carbocycles. The van der Waals surface area contributed by atoms with Gasteiger partial charge < -0.3 is 10.3 Å². The van der Waals surface area contributed by atoms with Gasteiger partial charge in [-0.05, 0) is 12.0 Å². The molecule has 1 aliphatic heterocycles. The van der Waals surface area contributed by atoms with E-state index in [0.29, 0.717) is 5.92 Å². The Hall–Kier alpha value is -1.77. The number of nitrogens with zero attached hydrogens (tertiary/aromatic N) is 1. The van der Waals surface area contributed by atoms with Crippen LogP contribution in [-0.4, -0.2) is 16.5 Å². The molecule has 1 unspecified atom stereocenters. The molecule has 1 atom stereocenters. The van der Waals surface area contributed by atoms with Crippen molar-refractivity contribution in [2.45, 2.75) is 25.7 Å². The van der Waals surface area contributed by atoms with Gasteiger partial charge in [0.1, 0.15) is 11.6 Å². The molecule has 2 aromatic rings. The normalized spacial score (nSPS) is 18.5. The molecule has 0 saturated carbocycles. The van der Waals surface area contributed by atoms with E-state index in [2.05, 4.69) is 46.5 Å². The lowest BCUT2D eigenvalue weighted by Crippen LogP contribution is -2.14. The Labute approximate surface area is 101 Å². The molecule has 3 rings (SSSR count). The molecule has 0 saturated heterocycles. The number of hydrogen-bond donors (Lipinski definition) is 2. The molecule has 2 N–H and O–H groups in total. The highest BCUT2D eigenvalue weighted by atomic mass is 15.1. The van der Waals surface area contributed by atoms with Crippen LogP contribution in [0.1, 0.15) is 36.3 Å². The predicted octanol–water partition coefficient (Wildman–Crippen LogP) is 2.92. The third-order valence-electron chi connectivity index (χ3n) is 3.36. The predicted molar refractivity (Wildman–Crippen MR) is 69.4 cm³/mol. The van der Waals surface area contributed by atoms with Crippen LogP contribution >= 0.6 is 0 Å². The first-order chi connectivity index (χ1) is 8.33. The minimum absolute atomic E-state index is 0.586. The van der Waals surface area contributed by atoms with Gasteiger partial charge in [0, 0.05) is 18.9 Å². The summed E-state index contributed by atoms with van der Waals surface area (Å²) in [6.07, 6.45) is 2.06. The van der Waals surface area contributed by atoms with E-state index in [9.17, 15) is 0 Å². The lowest BCUT2D eigenvalue weighted by molar-refractivity contribution is 0.665. The molecule has 1 aliphatic rings. The Kier molecular flexibility index (Phi) is 2.59. The molecule has 0 bridgehead atoms. The van der Waals surface area contributed by atoms with E-state index in [1.54, 1.807) is 0 Å². The Bertz CT molecular complexity index is 501. The molecule has 0 radical (unpaired) electrons. The van der Waals surface area contributed by atoms with Gasteiger partial charge in [-0.25, -0.2) is 4.98 Å². The Balaban J connectivity index is 1.85. The number of nitrogens with one attached hydrogen (secondary N) is 2. The van der Waals surface area contributed by atoms with Crippen molar-refractivity contribution in [3.63, 3.8) is 0 Å². The number of hydrogen-bond acceptors (Lipinski definition) is 2. The van der Waals surface area contributed by atoms with Crippen LogP contribution in [0.5, 0.6) is 0 Å². The fourth-order valence-electron chi connectivity index (χ4n) is 2.35.